The number of benzene rings is 1. The summed E-state index contributed by atoms with van der Waals surface area (Å²) in [6.07, 6.45) is -3.86. The van der Waals surface area contributed by atoms with Crippen LogP contribution in [0.2, 0.25) is 0 Å². The van der Waals surface area contributed by atoms with Gasteiger partial charge in [-0.25, -0.2) is 4.39 Å². The molecule has 0 aliphatic rings. The van der Waals surface area contributed by atoms with E-state index in [1.54, 1.807) is 0 Å². The second-order valence-electron chi connectivity index (χ2n) is 4.70. The number of hydrogen-bond acceptors (Lipinski definition) is 4. The van der Waals surface area contributed by atoms with Crippen LogP contribution in [0.15, 0.2) is 24.4 Å². The third-order valence-corrected chi connectivity index (χ3v) is 3.07. The summed E-state index contributed by atoms with van der Waals surface area (Å²) >= 11 is 0. The molecule has 1 aromatic carbocycles. The van der Waals surface area contributed by atoms with Gasteiger partial charge in [0.2, 0.25) is 0 Å². The van der Waals surface area contributed by atoms with Crippen molar-refractivity contribution in [1.29, 1.82) is 0 Å². The maximum atomic E-state index is 13.8. The maximum absolute atomic E-state index is 13.8. The Hall–Kier alpha value is -2.49. The van der Waals surface area contributed by atoms with Crippen LogP contribution in [0, 0.1) is 15.9 Å². The van der Waals surface area contributed by atoms with Gasteiger partial charge in [-0.15, -0.1) is 0 Å². The highest BCUT2D eigenvalue weighted by molar-refractivity contribution is 5.34. The fourth-order valence-electron chi connectivity index (χ4n) is 2.04. The van der Waals surface area contributed by atoms with Crippen LogP contribution in [0.5, 0.6) is 0 Å². The fraction of sp³-hybridized carbons (Fsp3) is 0.308. The van der Waals surface area contributed by atoms with Crippen LogP contribution in [0.25, 0.3) is 0 Å². The molecule has 0 radical (unpaired) electrons. The third-order valence-electron chi connectivity index (χ3n) is 3.07. The minimum atomic E-state index is -4.69. The van der Waals surface area contributed by atoms with Crippen LogP contribution >= 0.6 is 0 Å². The van der Waals surface area contributed by atoms with Gasteiger partial charge in [-0.1, -0.05) is 0 Å². The first-order chi connectivity index (χ1) is 10.7. The van der Waals surface area contributed by atoms with Crippen LogP contribution in [0.3, 0.4) is 0 Å². The second kappa shape index (κ2) is 6.32. The van der Waals surface area contributed by atoms with E-state index in [4.69, 9.17) is 5.11 Å². The van der Waals surface area contributed by atoms with Gasteiger partial charge in [0.05, 0.1) is 17.5 Å². The first kappa shape index (κ1) is 16.9. The third kappa shape index (κ3) is 3.83. The Morgan fingerprint density at radius 3 is 2.52 bits per heavy atom. The molecule has 0 atom stereocenters. The van der Waals surface area contributed by atoms with Crippen molar-refractivity contribution < 1.29 is 27.6 Å². The number of hydrogen-bond donors (Lipinski definition) is 1. The topological polar surface area (TPSA) is 81.2 Å². The SMILES string of the molecule is O=[N+]([O-])c1ccc(Cn2cc(CCO)c(C(F)(F)F)n2)c(F)c1. The Morgan fingerprint density at radius 2 is 2.00 bits per heavy atom. The smallest absolute Gasteiger partial charge is 0.396 e. The Kier molecular flexibility index (Phi) is 4.64. The van der Waals surface area contributed by atoms with Gasteiger partial charge in [-0.05, 0) is 12.5 Å². The molecule has 124 valence electrons. The summed E-state index contributed by atoms with van der Waals surface area (Å²) in [5.41, 5.74) is -1.85. The highest BCUT2D eigenvalue weighted by Crippen LogP contribution is 2.31. The second-order valence-corrected chi connectivity index (χ2v) is 4.70. The van der Waals surface area contributed by atoms with E-state index in [2.05, 4.69) is 5.10 Å². The number of nitro groups is 1. The molecule has 0 unspecified atom stereocenters. The average molecular weight is 333 g/mol. The van der Waals surface area contributed by atoms with Crippen molar-refractivity contribution in [3.63, 3.8) is 0 Å². The molecule has 0 fully saturated rings. The van der Waals surface area contributed by atoms with Gasteiger partial charge >= 0.3 is 6.18 Å². The van der Waals surface area contributed by atoms with Crippen molar-refractivity contribution in [1.82, 2.24) is 9.78 Å². The molecule has 0 aliphatic carbocycles. The molecule has 1 heterocycles. The number of alkyl halides is 3. The molecule has 0 saturated carbocycles. The highest BCUT2D eigenvalue weighted by atomic mass is 19.4. The lowest BCUT2D eigenvalue weighted by molar-refractivity contribution is -0.385. The van der Waals surface area contributed by atoms with E-state index in [0.717, 1.165) is 23.0 Å². The summed E-state index contributed by atoms with van der Waals surface area (Å²) < 4.78 is 53.2. The molecule has 1 aromatic heterocycles. The lowest BCUT2D eigenvalue weighted by Gasteiger charge is -2.05. The van der Waals surface area contributed by atoms with E-state index in [-0.39, 0.29) is 24.1 Å². The van der Waals surface area contributed by atoms with E-state index in [9.17, 15) is 27.7 Å². The van der Waals surface area contributed by atoms with Gasteiger partial charge in [0.25, 0.3) is 5.69 Å². The minimum Gasteiger partial charge on any atom is -0.396 e. The van der Waals surface area contributed by atoms with E-state index in [1.807, 2.05) is 0 Å². The molecule has 0 spiro atoms. The quantitative estimate of drug-likeness (QED) is 0.518. The number of nitrogens with zero attached hydrogens (tertiary/aromatic N) is 3. The summed E-state index contributed by atoms with van der Waals surface area (Å²) in [4.78, 5) is 9.75. The van der Waals surface area contributed by atoms with Gasteiger partial charge < -0.3 is 5.11 Å². The summed E-state index contributed by atoms with van der Waals surface area (Å²) in [5, 5.41) is 22.7. The van der Waals surface area contributed by atoms with E-state index in [0.29, 0.717) is 6.07 Å². The molecule has 23 heavy (non-hydrogen) atoms. The van der Waals surface area contributed by atoms with Gasteiger partial charge in [0.1, 0.15) is 5.82 Å². The van der Waals surface area contributed by atoms with Crippen LogP contribution in [-0.4, -0.2) is 26.4 Å². The lowest BCUT2D eigenvalue weighted by atomic mass is 10.2. The monoisotopic (exact) mass is 333 g/mol. The normalized spacial score (nSPS) is 11.7. The zero-order valence-electron chi connectivity index (χ0n) is 11.5. The molecule has 6 nitrogen and oxygen atoms in total. The minimum absolute atomic E-state index is 0.0395. The molecule has 10 heteroatoms. The number of non-ortho nitro benzene ring substituents is 1. The summed E-state index contributed by atoms with van der Waals surface area (Å²) in [6.45, 7) is -0.807. The van der Waals surface area contributed by atoms with Gasteiger partial charge in [0, 0.05) is 30.0 Å². The van der Waals surface area contributed by atoms with Crippen LogP contribution < -0.4 is 0 Å². The molecule has 0 amide bonds. The Labute approximate surface area is 127 Å². The van der Waals surface area contributed by atoms with Gasteiger partial charge in [-0.2, -0.15) is 18.3 Å². The molecule has 0 bridgehead atoms. The molecule has 2 aromatic rings. The molecule has 0 saturated heterocycles. The summed E-state index contributed by atoms with van der Waals surface area (Å²) in [5.74, 6) is -0.910. The van der Waals surface area contributed by atoms with Crippen molar-refractivity contribution in [3.8, 4) is 0 Å². The average Bonchev–Trinajstić information content (AvgIpc) is 2.84. The standard InChI is InChI=1S/C13H11F4N3O3/c14-11-5-10(20(22)23)2-1-8(11)6-19-7-9(3-4-21)12(18-19)13(15,16)17/h1-2,5,7,21H,3-4,6H2. The predicted molar refractivity (Wildman–Crippen MR) is 70.2 cm³/mol. The lowest BCUT2D eigenvalue weighted by Crippen LogP contribution is -2.11. The van der Waals surface area contributed by atoms with E-state index < -0.39 is 34.9 Å². The Morgan fingerprint density at radius 1 is 1.30 bits per heavy atom. The first-order valence-electron chi connectivity index (χ1n) is 6.39. The van der Waals surface area contributed by atoms with Gasteiger partial charge in [-0.3, -0.25) is 14.8 Å². The highest BCUT2D eigenvalue weighted by Gasteiger charge is 2.36. The number of halogens is 4. The van der Waals surface area contributed by atoms with Crippen molar-refractivity contribution in [3.05, 3.63) is 57.1 Å². The van der Waals surface area contributed by atoms with E-state index >= 15 is 0 Å². The molecule has 2 rings (SSSR count). The van der Waals surface area contributed by atoms with Crippen LogP contribution in [-0.2, 0) is 19.1 Å². The summed E-state index contributed by atoms with van der Waals surface area (Å²) in [6, 6.07) is 2.87. The molecular weight excluding hydrogens is 322 g/mol. The van der Waals surface area contributed by atoms with Crippen molar-refractivity contribution >= 4 is 5.69 Å². The maximum Gasteiger partial charge on any atom is 0.435 e. The Bertz CT molecular complexity index is 728. The Balaban J connectivity index is 2.32. The largest absolute Gasteiger partial charge is 0.435 e. The molecule has 1 N–H and O–H groups in total. The zero-order valence-corrected chi connectivity index (χ0v) is 11.5. The first-order valence-corrected chi connectivity index (χ1v) is 6.39. The van der Waals surface area contributed by atoms with Crippen molar-refractivity contribution in [2.75, 3.05) is 6.61 Å². The van der Waals surface area contributed by atoms with Crippen LogP contribution in [0.4, 0.5) is 23.2 Å². The van der Waals surface area contributed by atoms with E-state index in [1.165, 1.54) is 0 Å². The van der Waals surface area contributed by atoms with Crippen molar-refractivity contribution in [2.24, 2.45) is 0 Å². The predicted octanol–water partition coefficient (Wildman–Crippen LogP) is 2.53. The zero-order chi connectivity index (χ0) is 17.2. The van der Waals surface area contributed by atoms with Gasteiger partial charge in [0.15, 0.2) is 5.69 Å². The molecular formula is C13H11F4N3O3. The summed E-state index contributed by atoms with van der Waals surface area (Å²) in [7, 11) is 0. The number of nitro benzene ring substituents is 1. The number of aliphatic hydroxyl groups is 1. The number of rotatable bonds is 5. The molecule has 0 aliphatic heterocycles. The number of aromatic nitrogens is 2. The number of aliphatic hydroxyl groups excluding tert-OH is 1. The van der Waals surface area contributed by atoms with Crippen molar-refractivity contribution in [2.45, 2.75) is 19.1 Å². The fourth-order valence-corrected chi connectivity index (χ4v) is 2.04. The van der Waals surface area contributed by atoms with Crippen LogP contribution in [0.1, 0.15) is 16.8 Å².